The van der Waals surface area contributed by atoms with E-state index < -0.39 is 16.1 Å². The molecule has 1 aliphatic heterocycles. The second kappa shape index (κ2) is 6.01. The minimum Gasteiger partial charge on any atom is -0.348 e. The van der Waals surface area contributed by atoms with E-state index in [0.29, 0.717) is 18.9 Å². The molecular weight excluding hydrogens is 300 g/mol. The van der Waals surface area contributed by atoms with Gasteiger partial charge >= 0.3 is 0 Å². The lowest BCUT2D eigenvalue weighted by molar-refractivity contribution is -0.125. The Morgan fingerprint density at radius 3 is 2.50 bits per heavy atom. The maximum Gasteiger partial charge on any atom is 0.238 e. The van der Waals surface area contributed by atoms with Crippen molar-refractivity contribution in [3.05, 3.63) is 35.9 Å². The van der Waals surface area contributed by atoms with E-state index >= 15 is 0 Å². The van der Waals surface area contributed by atoms with Crippen LogP contribution in [0.5, 0.6) is 0 Å². The van der Waals surface area contributed by atoms with Gasteiger partial charge in [0.2, 0.25) is 15.9 Å². The quantitative estimate of drug-likeness (QED) is 0.897. The summed E-state index contributed by atoms with van der Waals surface area (Å²) in [7, 11) is -3.33. The largest absolute Gasteiger partial charge is 0.348 e. The summed E-state index contributed by atoms with van der Waals surface area (Å²) in [5.41, 5.74) is 1.10. The lowest BCUT2D eigenvalue weighted by Crippen LogP contribution is -2.46. The molecule has 1 aromatic carbocycles. The highest BCUT2D eigenvalue weighted by molar-refractivity contribution is 7.88. The van der Waals surface area contributed by atoms with Crippen LogP contribution in [0.4, 0.5) is 0 Å². The Labute approximate surface area is 131 Å². The van der Waals surface area contributed by atoms with Crippen molar-refractivity contribution in [1.29, 1.82) is 0 Å². The average molecular weight is 322 g/mol. The highest BCUT2D eigenvalue weighted by atomic mass is 32.2. The number of hydrogen-bond acceptors (Lipinski definition) is 3. The van der Waals surface area contributed by atoms with E-state index in [4.69, 9.17) is 0 Å². The Morgan fingerprint density at radius 2 is 1.91 bits per heavy atom. The van der Waals surface area contributed by atoms with Crippen molar-refractivity contribution in [1.82, 2.24) is 9.62 Å². The molecule has 0 bridgehead atoms. The van der Waals surface area contributed by atoms with Gasteiger partial charge in [0.25, 0.3) is 0 Å². The van der Waals surface area contributed by atoms with Gasteiger partial charge in [0.15, 0.2) is 0 Å². The molecular formula is C16H22N2O3S. The van der Waals surface area contributed by atoms with E-state index in [1.165, 1.54) is 10.6 Å². The number of hydrogen-bond donors (Lipinski definition) is 1. The molecule has 6 heteroatoms. The second-order valence-electron chi connectivity index (χ2n) is 6.27. The van der Waals surface area contributed by atoms with E-state index in [-0.39, 0.29) is 11.9 Å². The van der Waals surface area contributed by atoms with Crippen molar-refractivity contribution in [2.45, 2.75) is 37.8 Å². The first-order chi connectivity index (χ1) is 10.5. The first-order valence-electron chi connectivity index (χ1n) is 7.79. The van der Waals surface area contributed by atoms with E-state index in [1.54, 1.807) is 0 Å². The molecule has 120 valence electrons. The van der Waals surface area contributed by atoms with Crippen molar-refractivity contribution in [3.8, 4) is 0 Å². The van der Waals surface area contributed by atoms with Gasteiger partial charge in [-0.1, -0.05) is 30.3 Å². The van der Waals surface area contributed by atoms with Crippen molar-refractivity contribution < 1.29 is 13.2 Å². The van der Waals surface area contributed by atoms with Gasteiger partial charge in [-0.3, -0.25) is 4.79 Å². The monoisotopic (exact) mass is 322 g/mol. The Morgan fingerprint density at radius 1 is 1.23 bits per heavy atom. The van der Waals surface area contributed by atoms with Crippen LogP contribution in [0, 0.1) is 5.92 Å². The number of carbonyl (C=O) groups excluding carboxylic acids is 1. The fraction of sp³-hybridized carbons (Fsp3) is 0.562. The maximum atomic E-state index is 12.6. The minimum absolute atomic E-state index is 0.00397. The molecule has 1 aliphatic carbocycles. The number of benzene rings is 1. The Bertz CT molecular complexity index is 641. The molecule has 1 saturated carbocycles. The van der Waals surface area contributed by atoms with Crippen LogP contribution >= 0.6 is 0 Å². The smallest absolute Gasteiger partial charge is 0.238 e. The van der Waals surface area contributed by atoms with Gasteiger partial charge in [0.1, 0.15) is 6.04 Å². The molecule has 1 N–H and O–H groups in total. The first kappa shape index (κ1) is 15.5. The van der Waals surface area contributed by atoms with Crippen molar-refractivity contribution in [3.63, 3.8) is 0 Å². The first-order valence-corrected chi connectivity index (χ1v) is 9.64. The third kappa shape index (κ3) is 3.33. The zero-order valence-corrected chi connectivity index (χ0v) is 13.6. The molecule has 1 heterocycles. The lowest BCUT2D eigenvalue weighted by Gasteiger charge is -2.25. The second-order valence-corrected chi connectivity index (χ2v) is 8.20. The van der Waals surface area contributed by atoms with Gasteiger partial charge < -0.3 is 5.32 Å². The Hall–Kier alpha value is -1.40. The van der Waals surface area contributed by atoms with Crippen LogP contribution in [0.25, 0.3) is 0 Å². The third-order valence-electron chi connectivity index (χ3n) is 4.48. The Balaban J connectivity index is 1.75. The SMILES string of the molecule is CS(=O)(=O)N1CCC[C@@H]1C(=O)N[C@@H](c1ccccc1)C1CC1. The molecule has 0 unspecified atom stereocenters. The number of nitrogens with one attached hydrogen (secondary N) is 1. The topological polar surface area (TPSA) is 66.5 Å². The molecule has 1 aromatic rings. The lowest BCUT2D eigenvalue weighted by atomic mass is 10.0. The fourth-order valence-electron chi connectivity index (χ4n) is 3.21. The average Bonchev–Trinajstić information content (AvgIpc) is 3.18. The van der Waals surface area contributed by atoms with Crippen LogP contribution in [0.3, 0.4) is 0 Å². The van der Waals surface area contributed by atoms with Crippen LogP contribution in [0.2, 0.25) is 0 Å². The van der Waals surface area contributed by atoms with Gasteiger partial charge in [0.05, 0.1) is 12.3 Å². The molecule has 2 atom stereocenters. The van der Waals surface area contributed by atoms with E-state index in [9.17, 15) is 13.2 Å². The molecule has 22 heavy (non-hydrogen) atoms. The van der Waals surface area contributed by atoms with Gasteiger partial charge in [-0.15, -0.1) is 0 Å². The predicted octanol–water partition coefficient (Wildman–Crippen LogP) is 1.68. The van der Waals surface area contributed by atoms with Gasteiger partial charge in [-0.2, -0.15) is 4.31 Å². The normalized spacial score (nSPS) is 24.1. The van der Waals surface area contributed by atoms with Crippen LogP contribution < -0.4 is 5.32 Å². The van der Waals surface area contributed by atoms with Gasteiger partial charge in [0, 0.05) is 6.54 Å². The van der Waals surface area contributed by atoms with Crippen LogP contribution in [-0.4, -0.2) is 37.5 Å². The van der Waals surface area contributed by atoms with E-state index in [2.05, 4.69) is 5.32 Å². The molecule has 1 saturated heterocycles. The molecule has 2 aliphatic rings. The van der Waals surface area contributed by atoms with Gasteiger partial charge in [-0.25, -0.2) is 8.42 Å². The van der Waals surface area contributed by atoms with Crippen LogP contribution in [-0.2, 0) is 14.8 Å². The summed E-state index contributed by atoms with van der Waals surface area (Å²) >= 11 is 0. The molecule has 3 rings (SSSR count). The summed E-state index contributed by atoms with van der Waals surface area (Å²) in [6.45, 7) is 0.441. The summed E-state index contributed by atoms with van der Waals surface area (Å²) in [6, 6.07) is 9.37. The summed E-state index contributed by atoms with van der Waals surface area (Å²) in [4.78, 5) is 12.6. The number of rotatable bonds is 5. The summed E-state index contributed by atoms with van der Waals surface area (Å²) in [6.07, 6.45) is 4.74. The van der Waals surface area contributed by atoms with Crippen molar-refractivity contribution >= 4 is 15.9 Å². The predicted molar refractivity (Wildman–Crippen MR) is 84.6 cm³/mol. The van der Waals surface area contributed by atoms with E-state index in [1.807, 2.05) is 30.3 Å². The standard InChI is InChI=1S/C16H22N2O3S/c1-22(20,21)18-11-5-8-14(18)16(19)17-15(13-9-10-13)12-6-3-2-4-7-12/h2-4,6-7,13-15H,5,8-11H2,1H3,(H,17,19)/t14-,15+/m1/s1. The number of amides is 1. The summed E-state index contributed by atoms with van der Waals surface area (Å²) < 4.78 is 24.9. The van der Waals surface area contributed by atoms with E-state index in [0.717, 1.165) is 24.8 Å². The van der Waals surface area contributed by atoms with Gasteiger partial charge in [-0.05, 0) is 37.2 Å². The summed E-state index contributed by atoms with van der Waals surface area (Å²) in [5, 5.41) is 3.09. The maximum absolute atomic E-state index is 12.6. The highest BCUT2D eigenvalue weighted by Gasteiger charge is 2.39. The molecule has 1 amide bonds. The van der Waals surface area contributed by atoms with Crippen molar-refractivity contribution in [2.75, 3.05) is 12.8 Å². The number of carbonyl (C=O) groups is 1. The Kier molecular flexibility index (Phi) is 4.23. The molecule has 2 fully saturated rings. The molecule has 0 radical (unpaired) electrons. The molecule has 0 aromatic heterocycles. The van der Waals surface area contributed by atoms with Crippen molar-refractivity contribution in [2.24, 2.45) is 5.92 Å². The van der Waals surface area contributed by atoms with Crippen LogP contribution in [0.1, 0.15) is 37.3 Å². The number of nitrogens with zero attached hydrogens (tertiary/aromatic N) is 1. The zero-order chi connectivity index (χ0) is 15.7. The fourth-order valence-corrected chi connectivity index (χ4v) is 4.34. The minimum atomic E-state index is -3.33. The van der Waals surface area contributed by atoms with Crippen LogP contribution in [0.15, 0.2) is 30.3 Å². The summed E-state index contributed by atoms with van der Waals surface area (Å²) in [5.74, 6) is 0.308. The molecule has 0 spiro atoms. The zero-order valence-electron chi connectivity index (χ0n) is 12.7. The molecule has 5 nitrogen and oxygen atoms in total. The third-order valence-corrected chi connectivity index (χ3v) is 5.77. The number of sulfonamides is 1. The highest BCUT2D eigenvalue weighted by Crippen LogP contribution is 2.41.